The highest BCUT2D eigenvalue weighted by molar-refractivity contribution is 5.90. The van der Waals surface area contributed by atoms with Crippen LogP contribution in [0.5, 0.6) is 0 Å². The number of rotatable bonds is 7. The maximum atomic E-state index is 12.5. The number of nitrogens with zero attached hydrogens (tertiary/aromatic N) is 1. The van der Waals surface area contributed by atoms with Crippen molar-refractivity contribution < 1.29 is 19.5 Å². The predicted octanol–water partition coefficient (Wildman–Crippen LogP) is 2.81. The second-order valence-corrected chi connectivity index (χ2v) is 8.46. The van der Waals surface area contributed by atoms with Crippen LogP contribution < -0.4 is 5.32 Å². The molecule has 0 bridgehead atoms. The summed E-state index contributed by atoms with van der Waals surface area (Å²) in [5.41, 5.74) is 0.0530. The number of amides is 2. The molecule has 25 heavy (non-hydrogen) atoms. The SMILES string of the molecule is C[C@@H](C(=O)N[C@H](C(=O)O)C1CCCCC1)N(C)C(=O)CCC(C)(C)C. The average molecular weight is 354 g/mol. The van der Waals surface area contributed by atoms with Crippen LogP contribution in [0.2, 0.25) is 0 Å². The van der Waals surface area contributed by atoms with Crippen molar-refractivity contribution in [2.75, 3.05) is 7.05 Å². The largest absolute Gasteiger partial charge is 0.480 e. The molecule has 1 saturated carbocycles. The Morgan fingerprint density at radius 3 is 2.20 bits per heavy atom. The minimum atomic E-state index is -0.992. The standard InChI is InChI=1S/C19H34N2O4/c1-13(21(5)15(22)11-12-19(2,3)4)17(23)20-16(18(24)25)14-9-7-6-8-10-14/h13-14,16H,6-12H2,1-5H3,(H,20,23)(H,24,25)/t13-,16-/m0/s1. The minimum absolute atomic E-state index is 0.0238. The Morgan fingerprint density at radius 1 is 1.16 bits per heavy atom. The molecule has 0 aromatic heterocycles. The first kappa shape index (κ1) is 21.5. The number of likely N-dealkylation sites (N-methyl/N-ethyl adjacent to an activating group) is 1. The minimum Gasteiger partial charge on any atom is -0.480 e. The maximum absolute atomic E-state index is 12.5. The lowest BCUT2D eigenvalue weighted by Gasteiger charge is -2.31. The molecule has 2 atom stereocenters. The summed E-state index contributed by atoms with van der Waals surface area (Å²) in [7, 11) is 1.60. The molecule has 2 amide bonds. The molecule has 1 aliphatic rings. The smallest absolute Gasteiger partial charge is 0.326 e. The van der Waals surface area contributed by atoms with Crippen LogP contribution in [0.3, 0.4) is 0 Å². The van der Waals surface area contributed by atoms with E-state index < -0.39 is 24.0 Å². The molecule has 1 fully saturated rings. The summed E-state index contributed by atoms with van der Waals surface area (Å²) in [6, 6.07) is -1.55. The maximum Gasteiger partial charge on any atom is 0.326 e. The molecule has 2 N–H and O–H groups in total. The van der Waals surface area contributed by atoms with E-state index in [-0.39, 0.29) is 17.2 Å². The lowest BCUT2D eigenvalue weighted by Crippen LogP contribution is -2.53. The van der Waals surface area contributed by atoms with Gasteiger partial charge >= 0.3 is 5.97 Å². The van der Waals surface area contributed by atoms with Crippen LogP contribution in [-0.4, -0.2) is 46.9 Å². The summed E-state index contributed by atoms with van der Waals surface area (Å²) in [5, 5.41) is 12.1. The van der Waals surface area contributed by atoms with Crippen LogP contribution >= 0.6 is 0 Å². The number of aliphatic carboxylic acids is 1. The van der Waals surface area contributed by atoms with Crippen molar-refractivity contribution in [3.05, 3.63) is 0 Å². The van der Waals surface area contributed by atoms with Crippen LogP contribution in [0.25, 0.3) is 0 Å². The Kier molecular flexibility index (Phi) is 7.90. The van der Waals surface area contributed by atoms with Crippen LogP contribution in [0, 0.1) is 11.3 Å². The van der Waals surface area contributed by atoms with Gasteiger partial charge in [0.25, 0.3) is 0 Å². The van der Waals surface area contributed by atoms with E-state index in [2.05, 4.69) is 26.1 Å². The third-order valence-electron chi connectivity index (χ3n) is 5.13. The Labute approximate surface area is 151 Å². The molecule has 6 heteroatoms. The van der Waals surface area contributed by atoms with E-state index in [4.69, 9.17) is 0 Å². The second kappa shape index (κ2) is 9.20. The van der Waals surface area contributed by atoms with Gasteiger partial charge in [0.05, 0.1) is 0 Å². The van der Waals surface area contributed by atoms with E-state index in [1.165, 1.54) is 4.90 Å². The van der Waals surface area contributed by atoms with Gasteiger partial charge in [-0.25, -0.2) is 4.79 Å². The monoisotopic (exact) mass is 354 g/mol. The van der Waals surface area contributed by atoms with Gasteiger partial charge in [0.2, 0.25) is 11.8 Å². The van der Waals surface area contributed by atoms with E-state index in [9.17, 15) is 19.5 Å². The normalized spacial score (nSPS) is 18.3. The summed E-state index contributed by atoms with van der Waals surface area (Å²) in [5.74, 6) is -1.51. The quantitative estimate of drug-likeness (QED) is 0.736. The fraction of sp³-hybridized carbons (Fsp3) is 0.842. The number of carbonyl (C=O) groups is 3. The third-order valence-corrected chi connectivity index (χ3v) is 5.13. The van der Waals surface area contributed by atoms with Gasteiger partial charge in [-0.05, 0) is 37.5 Å². The van der Waals surface area contributed by atoms with Crippen molar-refractivity contribution in [2.24, 2.45) is 11.3 Å². The average Bonchev–Trinajstić information content (AvgIpc) is 2.55. The summed E-state index contributed by atoms with van der Waals surface area (Å²) >= 11 is 0. The van der Waals surface area contributed by atoms with E-state index >= 15 is 0 Å². The highest BCUT2D eigenvalue weighted by Gasteiger charge is 2.33. The predicted molar refractivity (Wildman–Crippen MR) is 97.1 cm³/mol. The molecule has 0 radical (unpaired) electrons. The van der Waals surface area contributed by atoms with Crippen LogP contribution in [0.4, 0.5) is 0 Å². The van der Waals surface area contributed by atoms with Crippen molar-refractivity contribution in [1.29, 1.82) is 0 Å². The summed E-state index contributed by atoms with van der Waals surface area (Å²) in [6.07, 6.45) is 5.90. The number of nitrogens with one attached hydrogen (secondary N) is 1. The number of carboxylic acids is 1. The first-order valence-electron chi connectivity index (χ1n) is 9.32. The van der Waals surface area contributed by atoms with Gasteiger partial charge in [0.15, 0.2) is 0 Å². The van der Waals surface area contributed by atoms with Crippen LogP contribution in [0.15, 0.2) is 0 Å². The topological polar surface area (TPSA) is 86.7 Å². The van der Waals surface area contributed by atoms with Crippen molar-refractivity contribution >= 4 is 17.8 Å². The summed E-state index contributed by atoms with van der Waals surface area (Å²) in [4.78, 5) is 37.8. The molecule has 0 aromatic rings. The zero-order valence-corrected chi connectivity index (χ0v) is 16.3. The van der Waals surface area contributed by atoms with Crippen molar-refractivity contribution in [2.45, 2.75) is 84.7 Å². The van der Waals surface area contributed by atoms with E-state index in [1.54, 1.807) is 14.0 Å². The molecule has 0 aliphatic heterocycles. The molecule has 0 saturated heterocycles. The Hall–Kier alpha value is -1.59. The lowest BCUT2D eigenvalue weighted by atomic mass is 9.84. The molecule has 0 unspecified atom stereocenters. The first-order valence-corrected chi connectivity index (χ1v) is 9.32. The Morgan fingerprint density at radius 2 is 1.72 bits per heavy atom. The number of carboxylic acid groups (broad SMARTS) is 1. The van der Waals surface area contributed by atoms with Gasteiger partial charge in [-0.15, -0.1) is 0 Å². The number of hydrogen-bond acceptors (Lipinski definition) is 3. The zero-order chi connectivity index (χ0) is 19.2. The molecular formula is C19H34N2O4. The fourth-order valence-electron chi connectivity index (χ4n) is 3.17. The lowest BCUT2D eigenvalue weighted by molar-refractivity contribution is -0.145. The number of carbonyl (C=O) groups excluding carboxylic acids is 2. The molecule has 0 heterocycles. The molecule has 1 aliphatic carbocycles. The molecule has 1 rings (SSSR count). The molecule has 0 aromatic carbocycles. The van der Waals surface area contributed by atoms with Gasteiger partial charge < -0.3 is 15.3 Å². The zero-order valence-electron chi connectivity index (χ0n) is 16.3. The summed E-state index contributed by atoms with van der Waals surface area (Å²) in [6.45, 7) is 7.85. The van der Waals surface area contributed by atoms with Gasteiger partial charge in [-0.2, -0.15) is 0 Å². The highest BCUT2D eigenvalue weighted by Crippen LogP contribution is 2.27. The van der Waals surface area contributed by atoms with Gasteiger partial charge in [-0.1, -0.05) is 40.0 Å². The van der Waals surface area contributed by atoms with Crippen LogP contribution in [0.1, 0.15) is 72.6 Å². The van der Waals surface area contributed by atoms with Crippen molar-refractivity contribution in [1.82, 2.24) is 10.2 Å². The molecule has 0 spiro atoms. The number of hydrogen-bond donors (Lipinski definition) is 2. The fourth-order valence-corrected chi connectivity index (χ4v) is 3.17. The van der Waals surface area contributed by atoms with E-state index in [0.29, 0.717) is 6.42 Å². The molecule has 6 nitrogen and oxygen atoms in total. The Bertz CT molecular complexity index is 478. The third kappa shape index (κ3) is 7.04. The Balaban J connectivity index is 2.63. The van der Waals surface area contributed by atoms with Crippen molar-refractivity contribution in [3.63, 3.8) is 0 Å². The van der Waals surface area contributed by atoms with Gasteiger partial charge in [0, 0.05) is 13.5 Å². The van der Waals surface area contributed by atoms with Crippen molar-refractivity contribution in [3.8, 4) is 0 Å². The van der Waals surface area contributed by atoms with Crippen LogP contribution in [-0.2, 0) is 14.4 Å². The van der Waals surface area contributed by atoms with Gasteiger partial charge in [-0.3, -0.25) is 9.59 Å². The first-order chi connectivity index (χ1) is 11.5. The van der Waals surface area contributed by atoms with E-state index in [0.717, 1.165) is 38.5 Å². The molecule has 144 valence electrons. The summed E-state index contributed by atoms with van der Waals surface area (Å²) < 4.78 is 0. The van der Waals surface area contributed by atoms with E-state index in [1.807, 2.05) is 0 Å². The van der Waals surface area contributed by atoms with Gasteiger partial charge in [0.1, 0.15) is 12.1 Å². The molecular weight excluding hydrogens is 320 g/mol. The second-order valence-electron chi connectivity index (χ2n) is 8.46. The highest BCUT2D eigenvalue weighted by atomic mass is 16.4.